The number of rotatable bonds is 2. The Kier molecular flexibility index (Phi) is 8.56. The Balaban J connectivity index is 0.000000231. The second-order valence-electron chi connectivity index (χ2n) is 5.13. The van der Waals surface area contributed by atoms with Gasteiger partial charge in [-0.05, 0) is 35.4 Å². The molecule has 0 aliphatic carbocycles. The quantitative estimate of drug-likeness (QED) is 0.526. The number of carboxylic acid groups (broad SMARTS) is 2. The molecule has 0 bridgehead atoms. The molecule has 0 saturated carbocycles. The van der Waals surface area contributed by atoms with E-state index in [4.69, 9.17) is 20.3 Å². The van der Waals surface area contributed by atoms with E-state index in [-0.39, 0.29) is 11.1 Å². The highest BCUT2D eigenvalue weighted by atomic mass is 16.4. The SMILES string of the molecule is Cc1ccc(C(=O)O)cc1C(=O)O.OBO.c1ccc2ccccc2c1. The summed E-state index contributed by atoms with van der Waals surface area (Å²) in [7, 11) is -0.750. The van der Waals surface area contributed by atoms with E-state index in [0.717, 1.165) is 6.07 Å². The van der Waals surface area contributed by atoms with Crippen LogP contribution in [-0.4, -0.2) is 39.9 Å². The second kappa shape index (κ2) is 10.7. The molecule has 26 heavy (non-hydrogen) atoms. The lowest BCUT2D eigenvalue weighted by molar-refractivity contribution is 0.0695. The fourth-order valence-corrected chi connectivity index (χ4v) is 2.12. The Morgan fingerprint density at radius 3 is 1.54 bits per heavy atom. The molecule has 0 aliphatic rings. The first-order valence-electron chi connectivity index (χ1n) is 7.63. The Bertz CT molecular complexity index is 813. The zero-order valence-corrected chi connectivity index (χ0v) is 14.2. The summed E-state index contributed by atoms with van der Waals surface area (Å²) in [5, 5.41) is 34.1. The van der Waals surface area contributed by atoms with Gasteiger partial charge in [0.2, 0.25) is 0 Å². The fraction of sp³-hybridized carbons (Fsp3) is 0.0526. The van der Waals surface area contributed by atoms with Gasteiger partial charge >= 0.3 is 19.6 Å². The predicted octanol–water partition coefficient (Wildman–Crippen LogP) is 2.47. The third-order valence-corrected chi connectivity index (χ3v) is 3.37. The number of hydrogen-bond donors (Lipinski definition) is 4. The van der Waals surface area contributed by atoms with E-state index < -0.39 is 19.6 Å². The summed E-state index contributed by atoms with van der Waals surface area (Å²) in [6.45, 7) is 1.62. The van der Waals surface area contributed by atoms with Crippen molar-refractivity contribution in [1.29, 1.82) is 0 Å². The van der Waals surface area contributed by atoms with Crippen molar-refractivity contribution in [2.75, 3.05) is 0 Å². The van der Waals surface area contributed by atoms with E-state index in [1.54, 1.807) is 6.92 Å². The van der Waals surface area contributed by atoms with Crippen molar-refractivity contribution in [2.24, 2.45) is 0 Å². The molecule has 3 aromatic carbocycles. The van der Waals surface area contributed by atoms with Gasteiger partial charge in [0.05, 0.1) is 11.1 Å². The number of aromatic carboxylic acids is 2. The molecule has 0 spiro atoms. The molecule has 0 aromatic heterocycles. The molecule has 3 rings (SSSR count). The number of fused-ring (bicyclic) bond motifs is 1. The molecule has 0 unspecified atom stereocenters. The average Bonchev–Trinajstić information content (AvgIpc) is 2.63. The van der Waals surface area contributed by atoms with Crippen LogP contribution in [0.4, 0.5) is 0 Å². The van der Waals surface area contributed by atoms with Gasteiger partial charge in [0, 0.05) is 0 Å². The van der Waals surface area contributed by atoms with Crippen LogP contribution in [0.2, 0.25) is 0 Å². The van der Waals surface area contributed by atoms with Crippen molar-refractivity contribution in [2.45, 2.75) is 6.92 Å². The second-order valence-corrected chi connectivity index (χ2v) is 5.13. The largest absolute Gasteiger partial charge is 0.478 e. The number of carboxylic acids is 2. The van der Waals surface area contributed by atoms with Gasteiger partial charge in [0.25, 0.3) is 0 Å². The molecule has 6 nitrogen and oxygen atoms in total. The summed E-state index contributed by atoms with van der Waals surface area (Å²) < 4.78 is 0. The van der Waals surface area contributed by atoms with E-state index in [1.165, 1.54) is 22.9 Å². The summed E-state index contributed by atoms with van der Waals surface area (Å²) in [5.41, 5.74) is 0.570. The highest BCUT2D eigenvalue weighted by Crippen LogP contribution is 2.12. The summed E-state index contributed by atoms with van der Waals surface area (Å²) in [5.74, 6) is -2.23. The smallest absolute Gasteiger partial charge is 0.432 e. The molecule has 7 heteroatoms. The van der Waals surface area contributed by atoms with Crippen molar-refractivity contribution in [3.05, 3.63) is 83.4 Å². The van der Waals surface area contributed by atoms with Crippen molar-refractivity contribution in [3.8, 4) is 0 Å². The minimum Gasteiger partial charge on any atom is -0.478 e. The van der Waals surface area contributed by atoms with Crippen LogP contribution in [0.1, 0.15) is 26.3 Å². The lowest BCUT2D eigenvalue weighted by atomic mass is 10.1. The molecule has 134 valence electrons. The molecule has 0 amide bonds. The zero-order valence-electron chi connectivity index (χ0n) is 14.2. The molecule has 0 heterocycles. The van der Waals surface area contributed by atoms with Gasteiger partial charge in [0.15, 0.2) is 0 Å². The summed E-state index contributed by atoms with van der Waals surface area (Å²) in [6.07, 6.45) is 0. The van der Waals surface area contributed by atoms with Crippen LogP contribution >= 0.6 is 0 Å². The van der Waals surface area contributed by atoms with Crippen LogP contribution < -0.4 is 0 Å². The van der Waals surface area contributed by atoms with Crippen LogP contribution in [0.25, 0.3) is 10.8 Å². The van der Waals surface area contributed by atoms with Crippen LogP contribution in [0.15, 0.2) is 66.7 Å². The van der Waals surface area contributed by atoms with Crippen molar-refractivity contribution < 1.29 is 29.9 Å². The first-order valence-corrected chi connectivity index (χ1v) is 7.63. The number of aryl methyl sites for hydroxylation is 1. The topological polar surface area (TPSA) is 115 Å². The minimum absolute atomic E-state index is 0.0111. The average molecular weight is 354 g/mol. The third kappa shape index (κ3) is 6.39. The maximum atomic E-state index is 10.6. The standard InChI is InChI=1S/C10H8.C9H8O4.BH3O2/c1-2-6-10-8-4-3-7-9(10)5-1;1-5-2-3-6(8(10)11)4-7(5)9(12)13;2-1-3/h1-8H;2-4H,1H3,(H,10,11)(H,12,13);1-3H. The van der Waals surface area contributed by atoms with Gasteiger partial charge in [-0.1, -0.05) is 54.6 Å². The highest BCUT2D eigenvalue weighted by molar-refractivity contribution is 6.13. The molecule has 4 N–H and O–H groups in total. The molecular formula is C19H19BO6. The van der Waals surface area contributed by atoms with Crippen LogP contribution in [0.5, 0.6) is 0 Å². The fourth-order valence-electron chi connectivity index (χ4n) is 2.12. The van der Waals surface area contributed by atoms with Crippen molar-refractivity contribution in [1.82, 2.24) is 0 Å². The Morgan fingerprint density at radius 1 is 0.769 bits per heavy atom. The maximum absolute atomic E-state index is 10.6. The van der Waals surface area contributed by atoms with E-state index in [0.29, 0.717) is 5.56 Å². The predicted molar refractivity (Wildman–Crippen MR) is 101 cm³/mol. The van der Waals surface area contributed by atoms with E-state index in [1.807, 2.05) is 0 Å². The molecule has 0 saturated heterocycles. The lowest BCUT2D eigenvalue weighted by Gasteiger charge is -2.01. The summed E-state index contributed by atoms with van der Waals surface area (Å²) in [4.78, 5) is 21.1. The van der Waals surface area contributed by atoms with Crippen LogP contribution in [0.3, 0.4) is 0 Å². The van der Waals surface area contributed by atoms with Gasteiger partial charge in [-0.2, -0.15) is 0 Å². The maximum Gasteiger partial charge on any atom is 0.432 e. The Hall–Kier alpha value is -3.16. The van der Waals surface area contributed by atoms with E-state index >= 15 is 0 Å². The summed E-state index contributed by atoms with van der Waals surface area (Å²) >= 11 is 0. The lowest BCUT2D eigenvalue weighted by Crippen LogP contribution is -2.03. The monoisotopic (exact) mass is 354 g/mol. The first kappa shape index (κ1) is 20.9. The van der Waals surface area contributed by atoms with Crippen molar-refractivity contribution >= 4 is 30.4 Å². The van der Waals surface area contributed by atoms with Gasteiger partial charge in [-0.15, -0.1) is 0 Å². The number of benzene rings is 3. The van der Waals surface area contributed by atoms with Crippen LogP contribution in [0, 0.1) is 6.92 Å². The minimum atomic E-state index is -1.12. The van der Waals surface area contributed by atoms with Crippen molar-refractivity contribution in [3.63, 3.8) is 0 Å². The molecular weight excluding hydrogens is 335 g/mol. The van der Waals surface area contributed by atoms with E-state index in [2.05, 4.69) is 48.5 Å². The first-order chi connectivity index (χ1) is 12.4. The normalized spacial score (nSPS) is 9.19. The Labute approximate surface area is 151 Å². The molecule has 0 atom stereocenters. The zero-order chi connectivity index (χ0) is 19.5. The highest BCUT2D eigenvalue weighted by Gasteiger charge is 2.10. The molecule has 3 aromatic rings. The molecule has 0 aliphatic heterocycles. The third-order valence-electron chi connectivity index (χ3n) is 3.37. The van der Waals surface area contributed by atoms with E-state index in [9.17, 15) is 9.59 Å². The molecule has 0 radical (unpaired) electrons. The van der Waals surface area contributed by atoms with Gasteiger partial charge in [0.1, 0.15) is 0 Å². The summed E-state index contributed by atoms with van der Waals surface area (Å²) in [6, 6.07) is 20.7. The van der Waals surface area contributed by atoms with Gasteiger partial charge in [-0.25, -0.2) is 9.59 Å². The Morgan fingerprint density at radius 2 is 1.19 bits per heavy atom. The number of carbonyl (C=O) groups is 2. The molecule has 0 fully saturated rings. The van der Waals surface area contributed by atoms with Crippen LogP contribution in [-0.2, 0) is 0 Å². The number of hydrogen-bond acceptors (Lipinski definition) is 4. The van der Waals surface area contributed by atoms with Gasteiger partial charge < -0.3 is 20.3 Å². The van der Waals surface area contributed by atoms with Gasteiger partial charge in [-0.3, -0.25) is 0 Å².